The first-order valence-electron chi connectivity index (χ1n) is 8.24. The van der Waals surface area contributed by atoms with Gasteiger partial charge >= 0.3 is 5.97 Å². The van der Waals surface area contributed by atoms with Gasteiger partial charge in [-0.15, -0.1) is 0 Å². The molecule has 0 aliphatic rings. The summed E-state index contributed by atoms with van der Waals surface area (Å²) in [7, 11) is -4.14. The minimum Gasteiger partial charge on any atom is -0.456 e. The van der Waals surface area contributed by atoms with Crippen LogP contribution in [0.25, 0.3) is 0 Å². The Bertz CT molecular complexity index is 883. The standard InChI is InChI=1S/C17H21F2N3O5S/c1-11(2)17(3,10-20)22-15(23)9-27-16(24)6-7-21-28(25,26)12-4-5-13(18)14(19)8-12/h4-5,8,11,21H,6-7,9H2,1-3H3,(H,22,23)/t17-/m1/s1. The highest BCUT2D eigenvalue weighted by Gasteiger charge is 2.30. The fourth-order valence-corrected chi connectivity index (χ4v) is 2.90. The Balaban J connectivity index is 2.47. The van der Waals surface area contributed by atoms with E-state index in [0.29, 0.717) is 12.1 Å². The van der Waals surface area contributed by atoms with Crippen LogP contribution in [0.5, 0.6) is 0 Å². The Labute approximate surface area is 161 Å². The van der Waals surface area contributed by atoms with Crippen LogP contribution in [-0.4, -0.2) is 39.0 Å². The van der Waals surface area contributed by atoms with E-state index in [1.165, 1.54) is 6.92 Å². The summed E-state index contributed by atoms with van der Waals surface area (Å²) in [5.74, 6) is -4.22. The molecule has 1 aromatic rings. The van der Waals surface area contributed by atoms with Gasteiger partial charge in [0.2, 0.25) is 10.0 Å². The lowest BCUT2D eigenvalue weighted by Gasteiger charge is -2.27. The van der Waals surface area contributed by atoms with Gasteiger partial charge in [0.15, 0.2) is 18.2 Å². The maximum atomic E-state index is 13.1. The molecule has 8 nitrogen and oxygen atoms in total. The lowest BCUT2D eigenvalue weighted by atomic mass is 9.90. The molecular weight excluding hydrogens is 396 g/mol. The van der Waals surface area contributed by atoms with Gasteiger partial charge in [-0.2, -0.15) is 5.26 Å². The van der Waals surface area contributed by atoms with Crippen LogP contribution in [0.15, 0.2) is 23.1 Å². The van der Waals surface area contributed by atoms with Crippen LogP contribution in [0.4, 0.5) is 8.78 Å². The molecule has 1 atom stereocenters. The zero-order valence-electron chi connectivity index (χ0n) is 15.6. The van der Waals surface area contributed by atoms with Gasteiger partial charge in [0, 0.05) is 6.54 Å². The third-order valence-corrected chi connectivity index (χ3v) is 5.43. The van der Waals surface area contributed by atoms with E-state index in [0.717, 1.165) is 6.07 Å². The predicted octanol–water partition coefficient (Wildman–Crippen LogP) is 1.23. The molecule has 1 amide bonds. The Kier molecular flexibility index (Phi) is 8.01. The minimum absolute atomic E-state index is 0.178. The number of halogens is 2. The van der Waals surface area contributed by atoms with Gasteiger partial charge in [-0.25, -0.2) is 21.9 Å². The topological polar surface area (TPSA) is 125 Å². The summed E-state index contributed by atoms with van der Waals surface area (Å²) < 4.78 is 56.7. The molecular formula is C17H21F2N3O5S. The highest BCUT2D eigenvalue weighted by atomic mass is 32.2. The quantitative estimate of drug-likeness (QED) is 0.582. The van der Waals surface area contributed by atoms with Gasteiger partial charge in [-0.3, -0.25) is 9.59 Å². The predicted molar refractivity (Wildman–Crippen MR) is 94.1 cm³/mol. The van der Waals surface area contributed by atoms with Crippen molar-refractivity contribution in [2.75, 3.05) is 13.2 Å². The van der Waals surface area contributed by atoms with E-state index in [4.69, 9.17) is 10.00 Å². The van der Waals surface area contributed by atoms with E-state index in [1.807, 2.05) is 10.8 Å². The molecule has 0 heterocycles. The molecule has 0 aliphatic heterocycles. The largest absolute Gasteiger partial charge is 0.456 e. The van der Waals surface area contributed by atoms with E-state index in [1.54, 1.807) is 13.8 Å². The van der Waals surface area contributed by atoms with Crippen molar-refractivity contribution in [3.8, 4) is 6.07 Å². The summed E-state index contributed by atoms with van der Waals surface area (Å²) in [6, 6.07) is 4.04. The minimum atomic E-state index is -4.14. The number of rotatable bonds is 9. The van der Waals surface area contributed by atoms with Crippen LogP contribution in [-0.2, 0) is 24.3 Å². The second kappa shape index (κ2) is 9.57. The zero-order chi connectivity index (χ0) is 21.5. The molecule has 0 aromatic heterocycles. The molecule has 0 spiro atoms. The Morgan fingerprint density at radius 3 is 2.46 bits per heavy atom. The van der Waals surface area contributed by atoms with Crippen molar-refractivity contribution < 1.29 is 31.5 Å². The normalized spacial score (nSPS) is 13.5. The van der Waals surface area contributed by atoms with Crippen molar-refractivity contribution in [1.29, 1.82) is 5.26 Å². The van der Waals surface area contributed by atoms with Gasteiger partial charge in [0.05, 0.1) is 17.4 Å². The lowest BCUT2D eigenvalue weighted by Crippen LogP contribution is -2.50. The number of sulfonamides is 1. The Morgan fingerprint density at radius 2 is 1.93 bits per heavy atom. The Hall–Kier alpha value is -2.58. The zero-order valence-corrected chi connectivity index (χ0v) is 16.4. The summed E-state index contributed by atoms with van der Waals surface area (Å²) in [5.41, 5.74) is -1.12. The lowest BCUT2D eigenvalue weighted by molar-refractivity contribution is -0.148. The first-order chi connectivity index (χ1) is 12.9. The number of ether oxygens (including phenoxy) is 1. The van der Waals surface area contributed by atoms with Crippen LogP contribution in [0.1, 0.15) is 27.2 Å². The fraction of sp³-hybridized carbons (Fsp3) is 0.471. The van der Waals surface area contributed by atoms with Gasteiger partial charge in [0.25, 0.3) is 5.91 Å². The number of nitrogens with one attached hydrogen (secondary N) is 2. The van der Waals surface area contributed by atoms with Gasteiger partial charge in [0.1, 0.15) is 5.54 Å². The van der Waals surface area contributed by atoms with Crippen molar-refractivity contribution >= 4 is 21.9 Å². The average molecular weight is 417 g/mol. The number of nitrogens with zero attached hydrogens (tertiary/aromatic N) is 1. The molecule has 0 aliphatic carbocycles. The van der Waals surface area contributed by atoms with Gasteiger partial charge in [-0.1, -0.05) is 13.8 Å². The van der Waals surface area contributed by atoms with Crippen molar-refractivity contribution in [3.05, 3.63) is 29.8 Å². The van der Waals surface area contributed by atoms with E-state index in [9.17, 15) is 26.8 Å². The molecule has 154 valence electrons. The number of benzene rings is 1. The van der Waals surface area contributed by atoms with Crippen LogP contribution < -0.4 is 10.0 Å². The SMILES string of the molecule is CC(C)[C@@](C)(C#N)NC(=O)COC(=O)CCNS(=O)(=O)c1ccc(F)c(F)c1. The molecule has 1 aromatic carbocycles. The number of nitriles is 1. The first-order valence-corrected chi connectivity index (χ1v) is 9.72. The highest BCUT2D eigenvalue weighted by molar-refractivity contribution is 7.89. The number of esters is 1. The number of amides is 1. The summed E-state index contributed by atoms with van der Waals surface area (Å²) in [4.78, 5) is 22.9. The summed E-state index contributed by atoms with van der Waals surface area (Å²) in [5, 5.41) is 11.6. The number of hydrogen-bond donors (Lipinski definition) is 2. The molecule has 28 heavy (non-hydrogen) atoms. The van der Waals surface area contributed by atoms with Crippen molar-refractivity contribution in [2.45, 2.75) is 37.6 Å². The van der Waals surface area contributed by atoms with Crippen LogP contribution in [0.3, 0.4) is 0 Å². The van der Waals surface area contributed by atoms with Crippen molar-refractivity contribution in [3.63, 3.8) is 0 Å². The third kappa shape index (κ3) is 6.54. The van der Waals surface area contributed by atoms with E-state index >= 15 is 0 Å². The number of carbonyl (C=O) groups excluding carboxylic acids is 2. The second-order valence-electron chi connectivity index (χ2n) is 6.40. The van der Waals surface area contributed by atoms with Crippen molar-refractivity contribution in [1.82, 2.24) is 10.0 Å². The molecule has 0 unspecified atom stereocenters. The summed E-state index contributed by atoms with van der Waals surface area (Å²) in [6.45, 7) is 4.02. The van der Waals surface area contributed by atoms with Crippen LogP contribution in [0, 0.1) is 28.9 Å². The maximum absolute atomic E-state index is 13.1. The number of carbonyl (C=O) groups is 2. The highest BCUT2D eigenvalue weighted by Crippen LogP contribution is 2.15. The average Bonchev–Trinajstić information content (AvgIpc) is 2.61. The first kappa shape index (κ1) is 23.5. The molecule has 0 saturated heterocycles. The molecule has 2 N–H and O–H groups in total. The molecule has 0 radical (unpaired) electrons. The monoisotopic (exact) mass is 417 g/mol. The van der Waals surface area contributed by atoms with Crippen LogP contribution in [0.2, 0.25) is 0 Å². The maximum Gasteiger partial charge on any atom is 0.307 e. The smallest absolute Gasteiger partial charge is 0.307 e. The summed E-state index contributed by atoms with van der Waals surface area (Å²) in [6.07, 6.45) is -0.393. The fourth-order valence-electron chi connectivity index (χ4n) is 1.86. The number of hydrogen-bond acceptors (Lipinski definition) is 6. The van der Waals surface area contributed by atoms with Crippen molar-refractivity contribution in [2.24, 2.45) is 5.92 Å². The van der Waals surface area contributed by atoms with Crippen LogP contribution >= 0.6 is 0 Å². The van der Waals surface area contributed by atoms with E-state index < -0.39 is 57.0 Å². The summed E-state index contributed by atoms with van der Waals surface area (Å²) >= 11 is 0. The second-order valence-corrected chi connectivity index (χ2v) is 8.17. The molecule has 1 rings (SSSR count). The van der Waals surface area contributed by atoms with Gasteiger partial charge in [-0.05, 0) is 31.0 Å². The molecule has 0 bridgehead atoms. The van der Waals surface area contributed by atoms with E-state index in [2.05, 4.69) is 5.32 Å². The van der Waals surface area contributed by atoms with Gasteiger partial charge < -0.3 is 10.1 Å². The van der Waals surface area contributed by atoms with E-state index in [-0.39, 0.29) is 12.5 Å². The Morgan fingerprint density at radius 1 is 1.29 bits per heavy atom. The third-order valence-electron chi connectivity index (χ3n) is 3.97. The molecule has 11 heteroatoms. The molecule has 0 fully saturated rings. The molecule has 0 saturated carbocycles.